The van der Waals surface area contributed by atoms with Gasteiger partial charge in [-0.05, 0) is 44.0 Å². The summed E-state index contributed by atoms with van der Waals surface area (Å²) in [5, 5.41) is 9.09. The molecule has 1 aliphatic rings. The van der Waals surface area contributed by atoms with Crippen LogP contribution in [0.25, 0.3) is 0 Å². The normalized spacial score (nSPS) is 14.8. The molecule has 1 fully saturated rings. The van der Waals surface area contributed by atoms with E-state index in [-0.39, 0.29) is 25.0 Å². The molecule has 1 unspecified atom stereocenters. The average molecular weight is 320 g/mol. The molecule has 0 spiro atoms. The fourth-order valence-corrected chi connectivity index (χ4v) is 2.31. The number of aliphatic carboxylic acids is 1. The van der Waals surface area contributed by atoms with Gasteiger partial charge in [-0.3, -0.25) is 9.59 Å². The van der Waals surface area contributed by atoms with Crippen LogP contribution in [0.5, 0.6) is 5.75 Å². The van der Waals surface area contributed by atoms with Crippen LogP contribution in [0.1, 0.15) is 36.5 Å². The number of ether oxygens (including phenoxy) is 1. The monoisotopic (exact) mass is 320 g/mol. The van der Waals surface area contributed by atoms with Crippen molar-refractivity contribution in [1.29, 1.82) is 0 Å². The molecule has 7 heteroatoms. The maximum Gasteiger partial charge on any atom is 0.326 e. The van der Waals surface area contributed by atoms with Crippen LogP contribution >= 0.6 is 0 Å². The highest BCUT2D eigenvalue weighted by molar-refractivity contribution is 5.92. The van der Waals surface area contributed by atoms with Gasteiger partial charge in [0.15, 0.2) is 0 Å². The lowest BCUT2D eigenvalue weighted by Gasteiger charge is -2.26. The van der Waals surface area contributed by atoms with E-state index in [1.165, 1.54) is 11.8 Å². The number of carboxylic acid groups (broad SMARTS) is 1. The summed E-state index contributed by atoms with van der Waals surface area (Å²) < 4.78 is 5.45. The molecule has 2 amide bonds. The number of amides is 2. The van der Waals surface area contributed by atoms with Gasteiger partial charge < -0.3 is 20.5 Å². The van der Waals surface area contributed by atoms with E-state index in [1.54, 1.807) is 24.3 Å². The number of nitrogens with zero attached hydrogens (tertiary/aromatic N) is 1. The molecule has 0 aliphatic heterocycles. The molecule has 0 saturated heterocycles. The van der Waals surface area contributed by atoms with Gasteiger partial charge in [-0.2, -0.15) is 0 Å². The van der Waals surface area contributed by atoms with Crippen LogP contribution < -0.4 is 10.5 Å². The van der Waals surface area contributed by atoms with E-state index in [9.17, 15) is 14.4 Å². The Morgan fingerprint density at radius 1 is 1.30 bits per heavy atom. The topological polar surface area (TPSA) is 110 Å². The van der Waals surface area contributed by atoms with E-state index in [0.29, 0.717) is 11.3 Å². The largest absolute Gasteiger partial charge is 0.493 e. The van der Waals surface area contributed by atoms with Crippen LogP contribution in [0.4, 0.5) is 0 Å². The summed E-state index contributed by atoms with van der Waals surface area (Å²) in [6.45, 7) is 1.66. The van der Waals surface area contributed by atoms with Gasteiger partial charge in [0.05, 0.1) is 13.0 Å². The van der Waals surface area contributed by atoms with E-state index in [2.05, 4.69) is 0 Å². The lowest BCUT2D eigenvalue weighted by molar-refractivity contribution is -0.150. The minimum Gasteiger partial charge on any atom is -0.493 e. The molecule has 0 heterocycles. The maximum atomic E-state index is 12.2. The predicted octanol–water partition coefficient (Wildman–Crippen LogP) is 1.02. The molecule has 1 aromatic rings. The first-order chi connectivity index (χ1) is 10.9. The summed E-state index contributed by atoms with van der Waals surface area (Å²) in [6, 6.07) is 5.49. The second-order valence-corrected chi connectivity index (χ2v) is 5.53. The van der Waals surface area contributed by atoms with Crippen LogP contribution in [0, 0.1) is 0 Å². The fraction of sp³-hybridized carbons (Fsp3) is 0.438. The third-order valence-electron chi connectivity index (χ3n) is 3.73. The van der Waals surface area contributed by atoms with Gasteiger partial charge in [0.1, 0.15) is 11.8 Å². The number of carbonyl (C=O) groups is 3. The highest BCUT2D eigenvalue weighted by Gasteiger charge is 2.37. The third kappa shape index (κ3) is 4.45. The van der Waals surface area contributed by atoms with Crippen molar-refractivity contribution in [3.05, 3.63) is 29.8 Å². The Morgan fingerprint density at radius 2 is 1.91 bits per heavy atom. The van der Waals surface area contributed by atoms with Crippen molar-refractivity contribution in [1.82, 2.24) is 4.90 Å². The molecule has 0 aromatic heterocycles. The number of carboxylic acids is 1. The molecule has 124 valence electrons. The van der Waals surface area contributed by atoms with Crippen molar-refractivity contribution in [2.24, 2.45) is 5.73 Å². The van der Waals surface area contributed by atoms with Crippen molar-refractivity contribution in [3.63, 3.8) is 0 Å². The SMILES string of the molecule is CC(C(=O)O)N(C(=O)CCOc1ccc(C(N)=O)cc1)C1CC1. The number of benzene rings is 1. The zero-order valence-corrected chi connectivity index (χ0v) is 12.9. The smallest absolute Gasteiger partial charge is 0.326 e. The summed E-state index contributed by atoms with van der Waals surface area (Å²) in [6.07, 6.45) is 1.79. The molecule has 1 aliphatic carbocycles. The first-order valence-electron chi connectivity index (χ1n) is 7.46. The van der Waals surface area contributed by atoms with Crippen molar-refractivity contribution in [2.45, 2.75) is 38.3 Å². The standard InChI is InChI=1S/C16H20N2O5/c1-10(16(21)22)18(12-4-5-12)14(19)8-9-23-13-6-2-11(3-7-13)15(17)20/h2-3,6-7,10,12H,4-5,8-9H2,1H3,(H2,17,20)(H,21,22). The average Bonchev–Trinajstić information content (AvgIpc) is 3.32. The van der Waals surface area contributed by atoms with E-state index >= 15 is 0 Å². The number of hydrogen-bond donors (Lipinski definition) is 2. The van der Waals surface area contributed by atoms with Crippen LogP contribution in [0.3, 0.4) is 0 Å². The lowest BCUT2D eigenvalue weighted by Crippen LogP contribution is -2.45. The molecular formula is C16H20N2O5. The molecule has 3 N–H and O–H groups in total. The predicted molar refractivity (Wildman–Crippen MR) is 82.0 cm³/mol. The lowest BCUT2D eigenvalue weighted by atomic mass is 10.2. The summed E-state index contributed by atoms with van der Waals surface area (Å²) in [5.74, 6) is -1.23. The van der Waals surface area contributed by atoms with E-state index in [0.717, 1.165) is 12.8 Å². The molecule has 1 atom stereocenters. The van der Waals surface area contributed by atoms with Gasteiger partial charge in [0, 0.05) is 11.6 Å². The Kier molecular flexibility index (Phi) is 5.20. The zero-order valence-electron chi connectivity index (χ0n) is 12.9. The molecule has 7 nitrogen and oxygen atoms in total. The van der Waals surface area contributed by atoms with Crippen LogP contribution in [0.15, 0.2) is 24.3 Å². The molecule has 2 rings (SSSR count). The van der Waals surface area contributed by atoms with Crippen molar-refractivity contribution < 1.29 is 24.2 Å². The second kappa shape index (κ2) is 7.13. The van der Waals surface area contributed by atoms with E-state index < -0.39 is 17.9 Å². The third-order valence-corrected chi connectivity index (χ3v) is 3.73. The number of primary amides is 1. The number of rotatable bonds is 8. The van der Waals surface area contributed by atoms with E-state index in [1.807, 2.05) is 0 Å². The Morgan fingerprint density at radius 3 is 2.39 bits per heavy atom. The minimum absolute atomic E-state index is 0.0310. The van der Waals surface area contributed by atoms with Gasteiger partial charge in [-0.25, -0.2) is 4.79 Å². The highest BCUT2D eigenvalue weighted by atomic mass is 16.5. The van der Waals surface area contributed by atoms with Gasteiger partial charge in [-0.15, -0.1) is 0 Å². The van der Waals surface area contributed by atoms with Crippen LogP contribution in [0.2, 0.25) is 0 Å². The molecule has 23 heavy (non-hydrogen) atoms. The highest BCUT2D eigenvalue weighted by Crippen LogP contribution is 2.29. The summed E-state index contributed by atoms with van der Waals surface area (Å²) in [4.78, 5) is 35.7. The quantitative estimate of drug-likeness (QED) is 0.743. The summed E-state index contributed by atoms with van der Waals surface area (Å²) in [7, 11) is 0. The van der Waals surface area contributed by atoms with Crippen molar-refractivity contribution >= 4 is 17.8 Å². The fourth-order valence-electron chi connectivity index (χ4n) is 2.31. The minimum atomic E-state index is -1.01. The molecular weight excluding hydrogens is 300 g/mol. The number of nitrogens with two attached hydrogens (primary N) is 1. The van der Waals surface area contributed by atoms with Crippen molar-refractivity contribution in [2.75, 3.05) is 6.61 Å². The number of carbonyl (C=O) groups excluding carboxylic acids is 2. The first kappa shape index (κ1) is 16.8. The Balaban J connectivity index is 1.85. The number of hydrogen-bond acceptors (Lipinski definition) is 4. The Bertz CT molecular complexity index is 595. The molecule has 1 saturated carbocycles. The van der Waals surface area contributed by atoms with Crippen LogP contribution in [-0.2, 0) is 9.59 Å². The molecule has 0 bridgehead atoms. The van der Waals surface area contributed by atoms with Crippen molar-refractivity contribution in [3.8, 4) is 5.75 Å². The maximum absolute atomic E-state index is 12.2. The van der Waals surface area contributed by atoms with Gasteiger partial charge in [-0.1, -0.05) is 0 Å². The molecule has 0 radical (unpaired) electrons. The Labute approximate surface area is 134 Å². The summed E-state index contributed by atoms with van der Waals surface area (Å²) >= 11 is 0. The summed E-state index contributed by atoms with van der Waals surface area (Å²) in [5.41, 5.74) is 5.52. The van der Waals surface area contributed by atoms with Gasteiger partial charge in [0.25, 0.3) is 0 Å². The zero-order chi connectivity index (χ0) is 17.0. The van der Waals surface area contributed by atoms with Gasteiger partial charge >= 0.3 is 5.97 Å². The van der Waals surface area contributed by atoms with E-state index in [4.69, 9.17) is 15.6 Å². The second-order valence-electron chi connectivity index (χ2n) is 5.53. The first-order valence-corrected chi connectivity index (χ1v) is 7.46. The van der Waals surface area contributed by atoms with Gasteiger partial charge in [0.2, 0.25) is 11.8 Å². The Hall–Kier alpha value is -2.57. The molecule has 1 aromatic carbocycles. The van der Waals surface area contributed by atoms with Crippen LogP contribution in [-0.4, -0.2) is 46.5 Å².